The largest absolute Gasteiger partial charge is 0.481 e. The first kappa shape index (κ1) is 20.5. The number of aliphatic carboxylic acids is 1. The molecule has 3 aromatic rings. The first-order valence-corrected chi connectivity index (χ1v) is 9.71. The highest BCUT2D eigenvalue weighted by Gasteiger charge is 2.29. The lowest BCUT2D eigenvalue weighted by Crippen LogP contribution is -2.31. The SMILES string of the molecule is O=C(O)CC(NC(=O)OCC1c2ccccc2-c2ccccc21)c1cc(F)cc(F)c1. The average molecular weight is 423 g/mol. The van der Waals surface area contributed by atoms with Gasteiger partial charge in [0.05, 0.1) is 12.5 Å². The number of fused-ring (bicyclic) bond motifs is 3. The molecule has 3 aromatic carbocycles. The summed E-state index contributed by atoms with van der Waals surface area (Å²) in [6, 6.07) is 17.2. The zero-order chi connectivity index (χ0) is 22.0. The third kappa shape index (κ3) is 4.40. The molecule has 1 atom stereocenters. The maximum atomic E-state index is 13.6. The molecule has 0 heterocycles. The standard InChI is InChI=1S/C24H19F2NO4/c25-15-9-14(10-16(26)11-15)22(12-23(28)29)27-24(30)31-13-21-19-7-3-1-5-17(19)18-6-2-4-8-20(18)21/h1-11,21-22H,12-13H2,(H,27,30)(H,28,29). The predicted octanol–water partition coefficient (Wildman–Crippen LogP) is 5.02. The minimum Gasteiger partial charge on any atom is -0.481 e. The molecule has 158 valence electrons. The average Bonchev–Trinajstić information content (AvgIpc) is 3.05. The van der Waals surface area contributed by atoms with Gasteiger partial charge < -0.3 is 15.2 Å². The molecular weight excluding hydrogens is 404 g/mol. The smallest absolute Gasteiger partial charge is 0.407 e. The Labute approximate surface area is 177 Å². The van der Waals surface area contributed by atoms with Crippen LogP contribution in [-0.4, -0.2) is 23.8 Å². The van der Waals surface area contributed by atoms with E-state index in [9.17, 15) is 18.4 Å². The molecule has 1 aliphatic rings. The summed E-state index contributed by atoms with van der Waals surface area (Å²) in [6.07, 6.45) is -1.41. The second kappa shape index (κ2) is 8.55. The Morgan fingerprint density at radius 2 is 1.48 bits per heavy atom. The number of amides is 1. The minimum absolute atomic E-state index is 0.00778. The van der Waals surface area contributed by atoms with Crippen LogP contribution in [0.25, 0.3) is 11.1 Å². The van der Waals surface area contributed by atoms with Crippen molar-refractivity contribution in [1.29, 1.82) is 0 Å². The molecule has 0 spiro atoms. The highest BCUT2D eigenvalue weighted by Crippen LogP contribution is 2.44. The molecule has 31 heavy (non-hydrogen) atoms. The second-order valence-electron chi connectivity index (χ2n) is 7.32. The van der Waals surface area contributed by atoms with E-state index in [0.29, 0.717) is 6.07 Å². The Morgan fingerprint density at radius 3 is 2.03 bits per heavy atom. The molecule has 0 bridgehead atoms. The van der Waals surface area contributed by atoms with Gasteiger partial charge in [0.25, 0.3) is 0 Å². The van der Waals surface area contributed by atoms with Crippen LogP contribution < -0.4 is 5.32 Å². The number of carbonyl (C=O) groups excluding carboxylic acids is 1. The van der Waals surface area contributed by atoms with Crippen LogP contribution in [0.5, 0.6) is 0 Å². The lowest BCUT2D eigenvalue weighted by Gasteiger charge is -2.19. The van der Waals surface area contributed by atoms with E-state index in [4.69, 9.17) is 9.84 Å². The molecule has 1 unspecified atom stereocenters. The molecule has 0 saturated carbocycles. The van der Waals surface area contributed by atoms with Gasteiger partial charge in [-0.25, -0.2) is 13.6 Å². The summed E-state index contributed by atoms with van der Waals surface area (Å²) in [4.78, 5) is 23.6. The van der Waals surface area contributed by atoms with Gasteiger partial charge in [0.2, 0.25) is 0 Å². The van der Waals surface area contributed by atoms with E-state index in [1.54, 1.807) is 0 Å². The van der Waals surface area contributed by atoms with Gasteiger partial charge in [-0.3, -0.25) is 4.79 Å². The number of carboxylic acid groups (broad SMARTS) is 1. The number of nitrogens with one attached hydrogen (secondary N) is 1. The van der Waals surface area contributed by atoms with Crippen LogP contribution in [-0.2, 0) is 9.53 Å². The molecule has 1 amide bonds. The van der Waals surface area contributed by atoms with Crippen LogP contribution >= 0.6 is 0 Å². The van der Waals surface area contributed by atoms with E-state index in [1.165, 1.54) is 0 Å². The van der Waals surface area contributed by atoms with Crippen LogP contribution in [0.15, 0.2) is 66.7 Å². The first-order valence-electron chi connectivity index (χ1n) is 9.71. The summed E-state index contributed by atoms with van der Waals surface area (Å²) >= 11 is 0. The summed E-state index contributed by atoms with van der Waals surface area (Å²) < 4.78 is 32.5. The van der Waals surface area contributed by atoms with Gasteiger partial charge in [-0.05, 0) is 39.9 Å². The number of hydrogen-bond acceptors (Lipinski definition) is 3. The van der Waals surface area contributed by atoms with Crippen molar-refractivity contribution in [1.82, 2.24) is 5.32 Å². The molecule has 7 heteroatoms. The lowest BCUT2D eigenvalue weighted by molar-refractivity contribution is -0.137. The van der Waals surface area contributed by atoms with Crippen molar-refractivity contribution in [2.75, 3.05) is 6.61 Å². The van der Waals surface area contributed by atoms with Crippen molar-refractivity contribution in [3.05, 3.63) is 95.1 Å². The Balaban J connectivity index is 1.49. The van der Waals surface area contributed by atoms with Gasteiger partial charge in [0.1, 0.15) is 18.2 Å². The molecule has 0 aliphatic heterocycles. The fourth-order valence-corrected chi connectivity index (χ4v) is 3.99. The molecule has 0 aromatic heterocycles. The Hall–Kier alpha value is -3.74. The third-order valence-corrected chi connectivity index (χ3v) is 5.30. The van der Waals surface area contributed by atoms with Crippen LogP contribution in [0.2, 0.25) is 0 Å². The molecule has 1 aliphatic carbocycles. The number of halogens is 2. The van der Waals surface area contributed by atoms with Crippen molar-refractivity contribution < 1.29 is 28.2 Å². The van der Waals surface area contributed by atoms with Gasteiger partial charge in [-0.15, -0.1) is 0 Å². The summed E-state index contributed by atoms with van der Waals surface area (Å²) in [5.74, 6) is -3.12. The maximum Gasteiger partial charge on any atom is 0.407 e. The number of carbonyl (C=O) groups is 2. The molecular formula is C24H19F2NO4. The fourth-order valence-electron chi connectivity index (χ4n) is 3.99. The zero-order valence-corrected chi connectivity index (χ0v) is 16.3. The highest BCUT2D eigenvalue weighted by molar-refractivity contribution is 5.79. The van der Waals surface area contributed by atoms with Crippen molar-refractivity contribution in [2.45, 2.75) is 18.4 Å². The molecule has 2 N–H and O–H groups in total. The monoisotopic (exact) mass is 423 g/mol. The molecule has 4 rings (SSSR count). The van der Waals surface area contributed by atoms with Crippen molar-refractivity contribution in [2.24, 2.45) is 0 Å². The Kier molecular flexibility index (Phi) is 5.66. The number of hydrogen-bond donors (Lipinski definition) is 2. The molecule has 0 radical (unpaired) electrons. The summed E-state index contributed by atoms with van der Waals surface area (Å²) in [7, 11) is 0. The molecule has 0 saturated heterocycles. The minimum atomic E-state index is -1.23. The van der Waals surface area contributed by atoms with Gasteiger partial charge in [0, 0.05) is 12.0 Å². The molecule has 0 fully saturated rings. The van der Waals surface area contributed by atoms with Crippen molar-refractivity contribution in [3.63, 3.8) is 0 Å². The van der Waals surface area contributed by atoms with E-state index in [-0.39, 0.29) is 18.1 Å². The third-order valence-electron chi connectivity index (χ3n) is 5.30. The van der Waals surface area contributed by atoms with Gasteiger partial charge >= 0.3 is 12.1 Å². The molecule has 5 nitrogen and oxygen atoms in total. The van der Waals surface area contributed by atoms with E-state index < -0.39 is 36.2 Å². The highest BCUT2D eigenvalue weighted by atomic mass is 19.1. The first-order chi connectivity index (χ1) is 14.9. The Morgan fingerprint density at radius 1 is 0.935 bits per heavy atom. The van der Waals surface area contributed by atoms with E-state index in [2.05, 4.69) is 5.32 Å². The van der Waals surface area contributed by atoms with Crippen LogP contribution in [0.4, 0.5) is 13.6 Å². The van der Waals surface area contributed by atoms with Crippen molar-refractivity contribution >= 4 is 12.1 Å². The van der Waals surface area contributed by atoms with E-state index >= 15 is 0 Å². The van der Waals surface area contributed by atoms with Gasteiger partial charge in [0.15, 0.2) is 0 Å². The zero-order valence-electron chi connectivity index (χ0n) is 16.3. The van der Waals surface area contributed by atoms with E-state index in [0.717, 1.165) is 34.4 Å². The Bertz CT molecular complexity index is 1080. The van der Waals surface area contributed by atoms with Gasteiger partial charge in [-0.1, -0.05) is 48.5 Å². The second-order valence-corrected chi connectivity index (χ2v) is 7.32. The summed E-state index contributed by atoms with van der Waals surface area (Å²) in [6.45, 7) is 0.0389. The summed E-state index contributed by atoms with van der Waals surface area (Å²) in [5, 5.41) is 11.6. The lowest BCUT2D eigenvalue weighted by atomic mass is 9.98. The number of rotatable bonds is 6. The van der Waals surface area contributed by atoms with Crippen molar-refractivity contribution in [3.8, 4) is 11.1 Å². The van der Waals surface area contributed by atoms with Crippen LogP contribution in [0, 0.1) is 11.6 Å². The van der Waals surface area contributed by atoms with Gasteiger partial charge in [-0.2, -0.15) is 0 Å². The maximum absolute atomic E-state index is 13.6. The normalized spacial score (nSPS) is 13.2. The quantitative estimate of drug-likeness (QED) is 0.584. The summed E-state index contributed by atoms with van der Waals surface area (Å²) in [5.41, 5.74) is 4.22. The van der Waals surface area contributed by atoms with E-state index in [1.807, 2.05) is 48.5 Å². The fraction of sp³-hybridized carbons (Fsp3) is 0.167. The van der Waals surface area contributed by atoms with Crippen LogP contribution in [0.3, 0.4) is 0 Å². The number of carboxylic acids is 1. The number of alkyl carbamates (subject to hydrolysis) is 1. The van der Waals surface area contributed by atoms with Crippen LogP contribution in [0.1, 0.15) is 35.1 Å². The number of benzene rings is 3. The number of ether oxygens (including phenoxy) is 1. The topological polar surface area (TPSA) is 75.6 Å². The predicted molar refractivity (Wildman–Crippen MR) is 110 cm³/mol.